The second-order valence-corrected chi connectivity index (χ2v) is 4.98. The number of nitrogen functional groups attached to an aromatic ring is 1. The lowest BCUT2D eigenvalue weighted by Crippen LogP contribution is -2.08. The monoisotopic (exact) mass is 231 g/mol. The summed E-state index contributed by atoms with van der Waals surface area (Å²) in [5, 5.41) is 8.30. The van der Waals surface area contributed by atoms with E-state index in [9.17, 15) is 8.42 Å². The lowest BCUT2D eigenvalue weighted by atomic mass is 10.0. The van der Waals surface area contributed by atoms with Crippen LogP contribution in [0, 0.1) is 0 Å². The van der Waals surface area contributed by atoms with Crippen LogP contribution in [0.5, 0.6) is 0 Å². The molecule has 0 aliphatic heterocycles. The highest BCUT2D eigenvalue weighted by Gasteiger charge is 2.21. The van der Waals surface area contributed by atoms with Crippen molar-refractivity contribution in [1.82, 2.24) is 0 Å². The van der Waals surface area contributed by atoms with Crippen molar-refractivity contribution in [3.63, 3.8) is 0 Å². The Labute approximate surface area is 88.5 Å². The van der Waals surface area contributed by atoms with E-state index in [1.165, 1.54) is 12.1 Å². The molecule has 0 unspecified atom stereocenters. The fourth-order valence-corrected chi connectivity index (χ4v) is 2.18. The van der Waals surface area contributed by atoms with Crippen molar-refractivity contribution in [2.75, 3.05) is 5.73 Å². The van der Waals surface area contributed by atoms with E-state index in [1.54, 1.807) is 6.07 Å². The predicted octanol–water partition coefficient (Wildman–Crippen LogP) is 1.57. The van der Waals surface area contributed by atoms with Crippen molar-refractivity contribution < 1.29 is 18.0 Å². The Kier molecular flexibility index (Phi) is 3.33. The molecule has 0 spiro atoms. The molecule has 0 aromatic heterocycles. The third-order valence-corrected chi connectivity index (χ3v) is 3.13. The molecular weight excluding hydrogens is 218 g/mol. The van der Waals surface area contributed by atoms with Crippen LogP contribution in [0.4, 0.5) is 5.69 Å². The Morgan fingerprint density at radius 3 is 2.47 bits per heavy atom. The minimum atomic E-state index is -4.09. The van der Waals surface area contributed by atoms with Crippen molar-refractivity contribution in [1.29, 1.82) is 0 Å². The molecule has 0 aliphatic rings. The molecule has 0 fully saturated rings. The molecule has 0 atom stereocenters. The first-order valence-corrected chi connectivity index (χ1v) is 5.77. The molecule has 0 amide bonds. The van der Waals surface area contributed by atoms with E-state index >= 15 is 0 Å². The van der Waals surface area contributed by atoms with Gasteiger partial charge in [0, 0.05) is 5.69 Å². The average Bonchev–Trinajstić information content (AvgIpc) is 2.17. The second-order valence-electron chi connectivity index (χ2n) is 3.48. The van der Waals surface area contributed by atoms with Gasteiger partial charge in [0.1, 0.15) is 4.90 Å². The Hall–Kier alpha value is -1.11. The summed E-state index contributed by atoms with van der Waals surface area (Å²) in [7, 11) is -4.09. The SMILES string of the molecule is CC(C)c1cc(N)ccc1S(=O)(=O)OO. The largest absolute Gasteiger partial charge is 0.399 e. The van der Waals surface area contributed by atoms with Gasteiger partial charge in [0.2, 0.25) is 0 Å². The van der Waals surface area contributed by atoms with E-state index in [0.717, 1.165) is 0 Å². The molecular formula is C9H13NO4S. The molecule has 15 heavy (non-hydrogen) atoms. The average molecular weight is 231 g/mol. The zero-order valence-electron chi connectivity index (χ0n) is 8.47. The summed E-state index contributed by atoms with van der Waals surface area (Å²) in [5.74, 6) is -0.0339. The topological polar surface area (TPSA) is 89.6 Å². The Balaban J connectivity index is 3.43. The molecule has 3 N–H and O–H groups in total. The molecule has 1 aromatic rings. The highest BCUT2D eigenvalue weighted by Crippen LogP contribution is 2.26. The van der Waals surface area contributed by atoms with Crippen molar-refractivity contribution >= 4 is 15.8 Å². The number of hydrogen-bond donors (Lipinski definition) is 2. The normalized spacial score (nSPS) is 12.0. The van der Waals surface area contributed by atoms with Crippen molar-refractivity contribution in [3.8, 4) is 0 Å². The minimum Gasteiger partial charge on any atom is -0.399 e. The van der Waals surface area contributed by atoms with Crippen molar-refractivity contribution in [3.05, 3.63) is 23.8 Å². The highest BCUT2D eigenvalue weighted by molar-refractivity contribution is 7.86. The number of benzene rings is 1. The summed E-state index contributed by atoms with van der Waals surface area (Å²) in [6, 6.07) is 4.31. The van der Waals surface area contributed by atoms with Crippen LogP contribution >= 0.6 is 0 Å². The molecule has 0 saturated carbocycles. The molecule has 0 bridgehead atoms. The summed E-state index contributed by atoms with van der Waals surface area (Å²) in [6.07, 6.45) is 0. The molecule has 1 rings (SSSR count). The van der Waals surface area contributed by atoms with Crippen LogP contribution in [0.25, 0.3) is 0 Å². The maximum Gasteiger partial charge on any atom is 0.323 e. The van der Waals surface area contributed by atoms with Crippen LogP contribution in [0.3, 0.4) is 0 Å². The molecule has 84 valence electrons. The van der Waals surface area contributed by atoms with Gasteiger partial charge in [0.05, 0.1) is 0 Å². The molecule has 0 radical (unpaired) electrons. The lowest BCUT2D eigenvalue weighted by Gasteiger charge is -2.11. The molecule has 0 aliphatic carbocycles. The third kappa shape index (κ3) is 2.47. The predicted molar refractivity (Wildman–Crippen MR) is 55.8 cm³/mol. The zero-order chi connectivity index (χ0) is 11.6. The van der Waals surface area contributed by atoms with Gasteiger partial charge in [-0.05, 0) is 29.7 Å². The highest BCUT2D eigenvalue weighted by atomic mass is 32.2. The standard InChI is InChI=1S/C9H13NO4S/c1-6(2)8-5-7(10)3-4-9(8)15(12,13)14-11/h3-6,11H,10H2,1-2H3. The summed E-state index contributed by atoms with van der Waals surface area (Å²) in [4.78, 5) is -0.0609. The smallest absolute Gasteiger partial charge is 0.323 e. The Bertz CT molecular complexity index is 453. The van der Waals surface area contributed by atoms with E-state index in [4.69, 9.17) is 11.0 Å². The third-order valence-electron chi connectivity index (χ3n) is 2.02. The van der Waals surface area contributed by atoms with Crippen LogP contribution < -0.4 is 5.73 Å². The van der Waals surface area contributed by atoms with E-state index < -0.39 is 10.1 Å². The molecule has 5 nitrogen and oxygen atoms in total. The van der Waals surface area contributed by atoms with Gasteiger partial charge < -0.3 is 5.73 Å². The number of anilines is 1. The van der Waals surface area contributed by atoms with Crippen LogP contribution in [0.1, 0.15) is 25.3 Å². The number of hydrogen-bond acceptors (Lipinski definition) is 5. The quantitative estimate of drug-likeness (QED) is 0.468. The van der Waals surface area contributed by atoms with Gasteiger partial charge in [0.15, 0.2) is 0 Å². The van der Waals surface area contributed by atoms with E-state index in [-0.39, 0.29) is 10.8 Å². The minimum absolute atomic E-state index is 0.0339. The van der Waals surface area contributed by atoms with E-state index in [1.807, 2.05) is 13.8 Å². The molecule has 1 aromatic carbocycles. The van der Waals surface area contributed by atoms with Crippen molar-refractivity contribution in [2.24, 2.45) is 0 Å². The lowest BCUT2D eigenvalue weighted by molar-refractivity contribution is -0.130. The van der Waals surface area contributed by atoms with Gasteiger partial charge in [-0.3, -0.25) is 0 Å². The summed E-state index contributed by atoms with van der Waals surface area (Å²) in [5.41, 5.74) is 6.54. The second kappa shape index (κ2) is 4.18. The van der Waals surface area contributed by atoms with E-state index in [2.05, 4.69) is 4.33 Å². The van der Waals surface area contributed by atoms with Gasteiger partial charge in [-0.25, -0.2) is 5.26 Å². The summed E-state index contributed by atoms with van der Waals surface area (Å²) in [6.45, 7) is 3.65. The Morgan fingerprint density at radius 1 is 1.40 bits per heavy atom. The first kappa shape index (κ1) is 12.0. The van der Waals surface area contributed by atoms with Gasteiger partial charge in [-0.1, -0.05) is 13.8 Å². The summed E-state index contributed by atoms with van der Waals surface area (Å²) >= 11 is 0. The maximum atomic E-state index is 11.3. The maximum absolute atomic E-state index is 11.3. The van der Waals surface area contributed by atoms with Crippen LogP contribution in [-0.2, 0) is 14.5 Å². The van der Waals surface area contributed by atoms with Crippen LogP contribution in [0.15, 0.2) is 23.1 Å². The van der Waals surface area contributed by atoms with Gasteiger partial charge in [-0.15, -0.1) is 4.33 Å². The van der Waals surface area contributed by atoms with Crippen molar-refractivity contribution in [2.45, 2.75) is 24.7 Å². The summed E-state index contributed by atoms with van der Waals surface area (Å²) < 4.78 is 26.1. The fraction of sp³-hybridized carbons (Fsp3) is 0.333. The number of rotatable bonds is 3. The molecule has 0 saturated heterocycles. The molecule has 0 heterocycles. The first-order chi connectivity index (χ1) is 6.88. The molecule has 6 heteroatoms. The van der Waals surface area contributed by atoms with Gasteiger partial charge >= 0.3 is 10.1 Å². The first-order valence-electron chi connectivity index (χ1n) is 4.36. The van der Waals surface area contributed by atoms with Crippen LogP contribution in [0.2, 0.25) is 0 Å². The van der Waals surface area contributed by atoms with Gasteiger partial charge in [-0.2, -0.15) is 8.42 Å². The zero-order valence-corrected chi connectivity index (χ0v) is 9.28. The van der Waals surface area contributed by atoms with Gasteiger partial charge in [0.25, 0.3) is 0 Å². The Morgan fingerprint density at radius 2 is 2.00 bits per heavy atom. The number of nitrogens with two attached hydrogens (primary N) is 1. The van der Waals surface area contributed by atoms with E-state index in [0.29, 0.717) is 11.3 Å². The van der Waals surface area contributed by atoms with Crippen LogP contribution in [-0.4, -0.2) is 13.7 Å². The fourth-order valence-electron chi connectivity index (χ4n) is 1.29.